The second-order valence-corrected chi connectivity index (χ2v) is 5.20. The van der Waals surface area contributed by atoms with Gasteiger partial charge in [0.25, 0.3) is 0 Å². The van der Waals surface area contributed by atoms with Crippen LogP contribution in [0.2, 0.25) is 0 Å². The zero-order chi connectivity index (χ0) is 15.8. The van der Waals surface area contributed by atoms with Crippen LogP contribution in [0.1, 0.15) is 20.3 Å². The van der Waals surface area contributed by atoms with Crippen molar-refractivity contribution in [3.63, 3.8) is 0 Å². The van der Waals surface area contributed by atoms with Crippen molar-refractivity contribution >= 4 is 11.5 Å². The van der Waals surface area contributed by atoms with Crippen molar-refractivity contribution in [1.29, 1.82) is 0 Å². The Balaban J connectivity index is 1.96. The van der Waals surface area contributed by atoms with Gasteiger partial charge in [-0.05, 0) is 49.8 Å². The van der Waals surface area contributed by atoms with E-state index < -0.39 is 0 Å². The molecule has 0 amide bonds. The van der Waals surface area contributed by atoms with Crippen molar-refractivity contribution in [3.05, 3.63) is 36.8 Å². The molecule has 5 nitrogen and oxygen atoms in total. The molecule has 0 aliphatic heterocycles. The third-order valence-corrected chi connectivity index (χ3v) is 3.79. The van der Waals surface area contributed by atoms with Gasteiger partial charge < -0.3 is 16.0 Å². The number of anilines is 2. The highest BCUT2D eigenvalue weighted by atomic mass is 15.1. The van der Waals surface area contributed by atoms with Crippen molar-refractivity contribution in [2.45, 2.75) is 20.3 Å². The van der Waals surface area contributed by atoms with Crippen molar-refractivity contribution < 1.29 is 0 Å². The topological polar surface area (TPSA) is 67.1 Å². The van der Waals surface area contributed by atoms with E-state index in [4.69, 9.17) is 5.73 Å². The average molecular weight is 299 g/mol. The van der Waals surface area contributed by atoms with E-state index >= 15 is 0 Å². The SMILES string of the molecule is CCN(CC)CCCNc1cc(-c2ccncc2)cnc1N. The lowest BCUT2D eigenvalue weighted by atomic mass is 10.1. The van der Waals surface area contributed by atoms with E-state index in [0.717, 1.165) is 49.4 Å². The van der Waals surface area contributed by atoms with Crippen LogP contribution < -0.4 is 11.1 Å². The van der Waals surface area contributed by atoms with Gasteiger partial charge in [0, 0.05) is 30.7 Å². The number of nitrogen functional groups attached to an aromatic ring is 1. The van der Waals surface area contributed by atoms with Crippen LogP contribution >= 0.6 is 0 Å². The first kappa shape index (κ1) is 16.2. The van der Waals surface area contributed by atoms with E-state index in [0.29, 0.717) is 5.82 Å². The maximum Gasteiger partial charge on any atom is 0.146 e. The summed E-state index contributed by atoms with van der Waals surface area (Å²) < 4.78 is 0. The Bertz CT molecular complexity index is 567. The number of hydrogen-bond donors (Lipinski definition) is 2. The Labute approximate surface area is 132 Å². The number of nitrogens with two attached hydrogens (primary N) is 1. The van der Waals surface area contributed by atoms with E-state index in [-0.39, 0.29) is 0 Å². The van der Waals surface area contributed by atoms with E-state index in [9.17, 15) is 0 Å². The lowest BCUT2D eigenvalue weighted by Gasteiger charge is -2.18. The minimum Gasteiger partial charge on any atom is -0.382 e. The molecule has 0 spiro atoms. The summed E-state index contributed by atoms with van der Waals surface area (Å²) >= 11 is 0. The van der Waals surface area contributed by atoms with E-state index in [1.54, 1.807) is 18.6 Å². The third-order valence-electron chi connectivity index (χ3n) is 3.79. The molecule has 2 aromatic rings. The highest BCUT2D eigenvalue weighted by molar-refractivity contribution is 5.72. The van der Waals surface area contributed by atoms with Gasteiger partial charge in [0.1, 0.15) is 5.82 Å². The number of hydrogen-bond acceptors (Lipinski definition) is 5. The maximum absolute atomic E-state index is 5.97. The van der Waals surface area contributed by atoms with Crippen LogP contribution in [-0.4, -0.2) is 41.0 Å². The summed E-state index contributed by atoms with van der Waals surface area (Å²) in [5.74, 6) is 0.542. The van der Waals surface area contributed by atoms with E-state index in [1.807, 2.05) is 12.1 Å². The second-order valence-electron chi connectivity index (χ2n) is 5.20. The van der Waals surface area contributed by atoms with Gasteiger partial charge in [-0.2, -0.15) is 0 Å². The zero-order valence-corrected chi connectivity index (χ0v) is 13.4. The van der Waals surface area contributed by atoms with Gasteiger partial charge in [0.05, 0.1) is 5.69 Å². The Morgan fingerprint density at radius 2 is 1.86 bits per heavy atom. The normalized spacial score (nSPS) is 10.9. The lowest BCUT2D eigenvalue weighted by Crippen LogP contribution is -2.25. The Hall–Kier alpha value is -2.14. The molecule has 0 bridgehead atoms. The van der Waals surface area contributed by atoms with Gasteiger partial charge in [-0.1, -0.05) is 13.8 Å². The molecule has 0 saturated heterocycles. The number of aromatic nitrogens is 2. The Morgan fingerprint density at radius 3 is 2.55 bits per heavy atom. The molecular formula is C17H25N5. The maximum atomic E-state index is 5.97. The minimum atomic E-state index is 0.542. The summed E-state index contributed by atoms with van der Waals surface area (Å²) in [6.45, 7) is 8.56. The predicted octanol–water partition coefficient (Wildman–Crippen LogP) is 2.87. The summed E-state index contributed by atoms with van der Waals surface area (Å²) in [5, 5.41) is 3.40. The molecule has 0 unspecified atom stereocenters. The van der Waals surface area contributed by atoms with E-state index in [2.05, 4.69) is 40.1 Å². The van der Waals surface area contributed by atoms with Crippen LogP contribution in [0, 0.1) is 0 Å². The lowest BCUT2D eigenvalue weighted by molar-refractivity contribution is 0.303. The van der Waals surface area contributed by atoms with E-state index in [1.165, 1.54) is 0 Å². The molecule has 5 heteroatoms. The molecule has 0 aromatic carbocycles. The zero-order valence-electron chi connectivity index (χ0n) is 13.4. The number of pyridine rings is 2. The number of nitrogens with one attached hydrogen (secondary N) is 1. The highest BCUT2D eigenvalue weighted by Gasteiger charge is 2.05. The molecule has 3 N–H and O–H groups in total. The van der Waals surface area contributed by atoms with Crippen molar-refractivity contribution in [3.8, 4) is 11.1 Å². The van der Waals surface area contributed by atoms with Crippen molar-refractivity contribution in [2.75, 3.05) is 37.2 Å². The van der Waals surface area contributed by atoms with Crippen LogP contribution in [0.15, 0.2) is 36.8 Å². The third kappa shape index (κ3) is 4.43. The molecule has 2 heterocycles. The smallest absolute Gasteiger partial charge is 0.146 e. The molecule has 0 radical (unpaired) electrons. The van der Waals surface area contributed by atoms with Gasteiger partial charge in [-0.3, -0.25) is 4.98 Å². The predicted molar refractivity (Wildman–Crippen MR) is 92.8 cm³/mol. The number of nitrogens with zero attached hydrogens (tertiary/aromatic N) is 3. The summed E-state index contributed by atoms with van der Waals surface area (Å²) in [6.07, 6.45) is 6.44. The first-order valence-corrected chi connectivity index (χ1v) is 7.86. The standard InChI is InChI=1S/C17H25N5/c1-3-22(4-2)11-5-8-20-16-12-15(13-21-17(16)18)14-6-9-19-10-7-14/h6-7,9-10,12-13,20H,3-5,8,11H2,1-2H3,(H2,18,21). The fourth-order valence-electron chi connectivity index (χ4n) is 2.38. The molecule has 2 rings (SSSR count). The largest absolute Gasteiger partial charge is 0.382 e. The minimum absolute atomic E-state index is 0.542. The molecule has 0 atom stereocenters. The van der Waals surface area contributed by atoms with Crippen LogP contribution in [0.4, 0.5) is 11.5 Å². The van der Waals surface area contributed by atoms with Crippen molar-refractivity contribution in [2.24, 2.45) is 0 Å². The summed E-state index contributed by atoms with van der Waals surface area (Å²) in [7, 11) is 0. The monoisotopic (exact) mass is 299 g/mol. The second kappa shape index (κ2) is 8.34. The van der Waals surface area contributed by atoms with Crippen LogP contribution in [0.25, 0.3) is 11.1 Å². The molecule has 0 aliphatic carbocycles. The summed E-state index contributed by atoms with van der Waals surface area (Å²) in [5.41, 5.74) is 9.00. The fraction of sp³-hybridized carbons (Fsp3) is 0.412. The van der Waals surface area contributed by atoms with Crippen LogP contribution in [0.5, 0.6) is 0 Å². The molecule has 0 fully saturated rings. The average Bonchev–Trinajstić information content (AvgIpc) is 2.57. The Morgan fingerprint density at radius 1 is 1.14 bits per heavy atom. The van der Waals surface area contributed by atoms with Gasteiger partial charge >= 0.3 is 0 Å². The van der Waals surface area contributed by atoms with Crippen LogP contribution in [-0.2, 0) is 0 Å². The fourth-order valence-corrected chi connectivity index (χ4v) is 2.38. The van der Waals surface area contributed by atoms with Gasteiger partial charge in [-0.25, -0.2) is 4.98 Å². The van der Waals surface area contributed by atoms with Crippen molar-refractivity contribution in [1.82, 2.24) is 14.9 Å². The quantitative estimate of drug-likeness (QED) is 0.734. The highest BCUT2D eigenvalue weighted by Crippen LogP contribution is 2.24. The van der Waals surface area contributed by atoms with Crippen LogP contribution in [0.3, 0.4) is 0 Å². The van der Waals surface area contributed by atoms with Gasteiger partial charge in [-0.15, -0.1) is 0 Å². The number of rotatable bonds is 8. The molecule has 118 valence electrons. The van der Waals surface area contributed by atoms with Gasteiger partial charge in [0.2, 0.25) is 0 Å². The first-order chi connectivity index (χ1) is 10.7. The molecular weight excluding hydrogens is 274 g/mol. The first-order valence-electron chi connectivity index (χ1n) is 7.86. The summed E-state index contributed by atoms with van der Waals surface area (Å²) in [6, 6.07) is 5.99. The molecule has 0 aliphatic rings. The molecule has 22 heavy (non-hydrogen) atoms. The Kier molecular flexibility index (Phi) is 6.15. The summed E-state index contributed by atoms with van der Waals surface area (Å²) in [4.78, 5) is 10.7. The molecule has 0 saturated carbocycles. The molecule has 2 aromatic heterocycles. The van der Waals surface area contributed by atoms with Gasteiger partial charge in [0.15, 0.2) is 0 Å².